The second-order valence-corrected chi connectivity index (χ2v) is 21.8. The molecule has 4 atom stereocenters. The number of benzene rings is 3. The summed E-state index contributed by atoms with van der Waals surface area (Å²) in [6.45, 7) is 13.8. The van der Waals surface area contributed by atoms with Crippen LogP contribution < -0.4 is 16.0 Å². The van der Waals surface area contributed by atoms with E-state index < -0.39 is 58.6 Å². The van der Waals surface area contributed by atoms with Crippen molar-refractivity contribution >= 4 is 41.4 Å². The molecule has 7 rings (SSSR count). The van der Waals surface area contributed by atoms with E-state index in [-0.39, 0.29) is 71.7 Å². The van der Waals surface area contributed by atoms with Gasteiger partial charge in [0.05, 0.1) is 0 Å². The van der Waals surface area contributed by atoms with Gasteiger partial charge in [0.2, 0.25) is 11.7 Å². The quantitative estimate of drug-likeness (QED) is 0.0665. The molecule has 1 aromatic heterocycles. The highest BCUT2D eigenvalue weighted by molar-refractivity contribution is 5.97. The van der Waals surface area contributed by atoms with Gasteiger partial charge in [-0.3, -0.25) is 19.5 Å². The van der Waals surface area contributed by atoms with Crippen LogP contribution in [0, 0.1) is 30.6 Å². The number of hydrogen-bond donors (Lipinski definition) is 5. The number of ether oxygens (including phenoxy) is 2. The number of amides is 4. The Hall–Kier alpha value is -6.86. The summed E-state index contributed by atoms with van der Waals surface area (Å²) >= 11 is 0. The first-order valence-corrected chi connectivity index (χ1v) is 25.0. The molecule has 0 radical (unpaired) electrons. The number of nitrogens with zero attached hydrogens (tertiary/aromatic N) is 3. The number of carboxylic acids is 1. The number of aryl methyl sites for hydroxylation is 1. The minimum atomic E-state index is -5.46. The van der Waals surface area contributed by atoms with E-state index in [2.05, 4.69) is 26.0 Å². The minimum Gasteiger partial charge on any atom is -0.477 e. The number of ketones is 1. The fraction of sp³-hybridized carbons (Fsp3) is 0.519. The number of hydrogen-bond acceptors (Lipinski definition) is 10. The monoisotopic (exact) mass is 1030 g/mol. The Bertz CT molecular complexity index is 2710. The predicted molar refractivity (Wildman–Crippen MR) is 265 cm³/mol. The molecule has 1 aliphatic heterocycles. The standard InChI is InChI=1S/C54H65F4N7O9/c1-30-26-36(45(67)61-41-22-23-42-40(41)24-25-65(42)50(72)74-52(5,6)7)18-21-39(30)33-12-8-31(9-13-33)27-37(28-43(66)34-14-10-32(11-15-34)29-59-49(71)73-51(2,3)4)46(68)60-38-19-16-35(17-20-38)44-62-47(64-63-44)53(55,56)54(57,58)48(69)70/h8-9,12-13,16-21,26,32,34,37,40-42H,10-11,14-15,22-25,27-29H2,1-7H3,(H,59,71)(H,60,68)(H,61,67)(H,69,70)(H,62,63,64)/t32?,34?,37-,40?,41?,42?/m1/s1. The number of H-pyrrole nitrogens is 1. The number of aliphatic carboxylic acids is 1. The van der Waals surface area contributed by atoms with Crippen LogP contribution >= 0.6 is 0 Å². The second-order valence-electron chi connectivity index (χ2n) is 21.8. The number of carbonyl (C=O) groups is 6. The Kier molecular flexibility index (Phi) is 16.3. The molecule has 74 heavy (non-hydrogen) atoms. The number of aromatic nitrogens is 3. The number of aromatic amines is 1. The van der Waals surface area contributed by atoms with Crippen LogP contribution in [0.4, 0.5) is 32.8 Å². The van der Waals surface area contributed by atoms with E-state index in [1.165, 1.54) is 24.3 Å². The molecule has 1 saturated heterocycles. The summed E-state index contributed by atoms with van der Waals surface area (Å²) in [7, 11) is 0. The Labute approximate surface area is 427 Å². The van der Waals surface area contributed by atoms with Crippen LogP contribution in [0.5, 0.6) is 0 Å². The summed E-state index contributed by atoms with van der Waals surface area (Å²) < 4.78 is 67.4. The molecule has 3 aromatic carbocycles. The molecule has 4 aromatic rings. The topological polar surface area (TPSA) is 222 Å². The van der Waals surface area contributed by atoms with Gasteiger partial charge in [-0.2, -0.15) is 22.7 Å². The van der Waals surface area contributed by atoms with Gasteiger partial charge in [-0.15, -0.1) is 0 Å². The lowest BCUT2D eigenvalue weighted by molar-refractivity contribution is -0.231. The fourth-order valence-electron chi connectivity index (χ4n) is 10.2. The number of nitrogens with one attached hydrogen (secondary N) is 4. The molecule has 3 fully saturated rings. The maximum absolute atomic E-state index is 14.4. The summed E-state index contributed by atoms with van der Waals surface area (Å²) in [5.74, 6) is -17.3. The number of anilines is 1. The molecule has 2 saturated carbocycles. The fourth-order valence-corrected chi connectivity index (χ4v) is 10.2. The first-order valence-electron chi connectivity index (χ1n) is 25.0. The average molecular weight is 1030 g/mol. The third kappa shape index (κ3) is 13.1. The van der Waals surface area contributed by atoms with Crippen molar-refractivity contribution in [3.8, 4) is 22.5 Å². The molecule has 5 N–H and O–H groups in total. The van der Waals surface area contributed by atoms with E-state index in [9.17, 15) is 46.3 Å². The summed E-state index contributed by atoms with van der Waals surface area (Å²) in [4.78, 5) is 82.9. The van der Waals surface area contributed by atoms with Gasteiger partial charge in [0.1, 0.15) is 17.0 Å². The van der Waals surface area contributed by atoms with Crippen LogP contribution in [0.1, 0.15) is 120 Å². The number of rotatable bonds is 16. The smallest absolute Gasteiger partial charge is 0.411 e. The molecule has 20 heteroatoms. The van der Waals surface area contributed by atoms with Crippen molar-refractivity contribution in [3.05, 3.63) is 89.2 Å². The molecule has 0 bridgehead atoms. The van der Waals surface area contributed by atoms with E-state index in [0.29, 0.717) is 44.3 Å². The van der Waals surface area contributed by atoms with Crippen LogP contribution in [0.15, 0.2) is 66.7 Å². The van der Waals surface area contributed by atoms with Crippen molar-refractivity contribution in [1.82, 2.24) is 30.7 Å². The van der Waals surface area contributed by atoms with Gasteiger partial charge in [0.25, 0.3) is 5.91 Å². The van der Waals surface area contributed by atoms with Gasteiger partial charge in [-0.1, -0.05) is 30.3 Å². The SMILES string of the molecule is Cc1cc(C(=O)NC2CCC3C2CCN3C(=O)OC(C)(C)C)ccc1-c1ccc(C[C@H](CC(=O)C2CCC(CNC(=O)OC(C)(C)C)CC2)C(=O)Nc2ccc(-c3n[nH]c(C(F)(F)C(F)(F)C(=O)O)n3)cc2)cc1. The van der Waals surface area contributed by atoms with Crippen molar-refractivity contribution in [1.29, 1.82) is 0 Å². The predicted octanol–water partition coefficient (Wildman–Crippen LogP) is 9.86. The van der Waals surface area contributed by atoms with Gasteiger partial charge in [0, 0.05) is 66.2 Å². The van der Waals surface area contributed by atoms with E-state index >= 15 is 0 Å². The number of carboxylic acid groups (broad SMARTS) is 1. The number of carbonyl (C=O) groups excluding carboxylic acids is 5. The van der Waals surface area contributed by atoms with E-state index in [4.69, 9.17) is 14.6 Å². The van der Waals surface area contributed by atoms with Crippen molar-refractivity contribution in [2.24, 2.45) is 23.7 Å². The van der Waals surface area contributed by atoms with Crippen molar-refractivity contribution in [3.63, 3.8) is 0 Å². The largest absolute Gasteiger partial charge is 0.477 e. The lowest BCUT2D eigenvalue weighted by Gasteiger charge is -2.29. The molecule has 2 heterocycles. The molecule has 398 valence electrons. The highest BCUT2D eigenvalue weighted by Crippen LogP contribution is 2.43. The Morgan fingerprint density at radius 1 is 0.811 bits per heavy atom. The van der Waals surface area contributed by atoms with Crippen LogP contribution in [0.2, 0.25) is 0 Å². The van der Waals surface area contributed by atoms with Crippen LogP contribution in [-0.2, 0) is 36.2 Å². The molecular formula is C54H65F4N7O9. The normalized spacial score (nSPS) is 20.5. The average Bonchev–Trinajstić information content (AvgIpc) is 4.09. The summed E-state index contributed by atoms with van der Waals surface area (Å²) in [6, 6.07) is 18.7. The highest BCUT2D eigenvalue weighted by atomic mass is 19.3. The molecule has 2 aliphatic carbocycles. The molecule has 4 amide bonds. The lowest BCUT2D eigenvalue weighted by atomic mass is 9.77. The van der Waals surface area contributed by atoms with Crippen LogP contribution in [-0.4, -0.2) is 103 Å². The van der Waals surface area contributed by atoms with Crippen molar-refractivity contribution < 1.29 is 60.9 Å². The Morgan fingerprint density at radius 3 is 2.08 bits per heavy atom. The second kappa shape index (κ2) is 21.9. The Morgan fingerprint density at radius 2 is 1.46 bits per heavy atom. The molecular weight excluding hydrogens is 967 g/mol. The zero-order valence-electron chi connectivity index (χ0n) is 42.7. The maximum atomic E-state index is 14.4. The minimum absolute atomic E-state index is 0.0220. The summed E-state index contributed by atoms with van der Waals surface area (Å²) in [6.07, 6.45) is 4.20. The zero-order valence-corrected chi connectivity index (χ0v) is 42.7. The molecule has 3 aliphatic rings. The number of fused-ring (bicyclic) bond motifs is 1. The number of Topliss-reactive ketones (excluding diaryl/α,β-unsaturated/α-hetero) is 1. The summed E-state index contributed by atoms with van der Waals surface area (Å²) in [5.41, 5.74) is 3.07. The third-order valence-corrected chi connectivity index (χ3v) is 14.0. The van der Waals surface area contributed by atoms with Crippen LogP contribution in [0.25, 0.3) is 22.5 Å². The number of halogens is 4. The number of alkyl halides is 4. The Balaban J connectivity index is 1.01. The van der Waals surface area contributed by atoms with Gasteiger partial charge in [0.15, 0.2) is 5.82 Å². The van der Waals surface area contributed by atoms with E-state index in [1.54, 1.807) is 36.8 Å². The first kappa shape index (κ1) is 54.9. The van der Waals surface area contributed by atoms with E-state index in [1.807, 2.05) is 64.1 Å². The van der Waals surface area contributed by atoms with Crippen molar-refractivity contribution in [2.75, 3.05) is 18.4 Å². The molecule has 16 nitrogen and oxygen atoms in total. The van der Waals surface area contributed by atoms with Gasteiger partial charge in [-0.05, 0) is 164 Å². The van der Waals surface area contributed by atoms with E-state index in [0.717, 1.165) is 41.5 Å². The van der Waals surface area contributed by atoms with Gasteiger partial charge in [-0.25, -0.2) is 19.4 Å². The zero-order chi connectivity index (χ0) is 53.9. The molecule has 0 spiro atoms. The third-order valence-electron chi connectivity index (χ3n) is 14.0. The maximum Gasteiger partial charge on any atom is 0.411 e. The first-order chi connectivity index (χ1) is 34.7. The van der Waals surface area contributed by atoms with Crippen LogP contribution in [0.3, 0.4) is 0 Å². The van der Waals surface area contributed by atoms with Crippen molar-refractivity contribution in [2.45, 2.75) is 141 Å². The highest BCUT2D eigenvalue weighted by Gasteiger charge is 2.65. The number of likely N-dealkylation sites (tertiary alicyclic amines) is 1. The molecule has 3 unspecified atom stereocenters. The van der Waals surface area contributed by atoms with Gasteiger partial charge < -0.3 is 35.4 Å². The van der Waals surface area contributed by atoms with Gasteiger partial charge >= 0.3 is 30.0 Å². The lowest BCUT2D eigenvalue weighted by Crippen LogP contribution is -2.45. The number of alkyl carbamates (subject to hydrolysis) is 1. The summed E-state index contributed by atoms with van der Waals surface area (Å²) in [5, 5.41) is 22.8.